The van der Waals surface area contributed by atoms with Crippen molar-refractivity contribution in [2.45, 2.75) is 37.3 Å². The van der Waals surface area contributed by atoms with Crippen molar-refractivity contribution in [3.05, 3.63) is 101 Å². The van der Waals surface area contributed by atoms with Crippen LogP contribution < -0.4 is 0 Å². The highest BCUT2D eigenvalue weighted by Crippen LogP contribution is 2.42. The summed E-state index contributed by atoms with van der Waals surface area (Å²) in [5.41, 5.74) is 3.29. The van der Waals surface area contributed by atoms with Gasteiger partial charge in [-0.05, 0) is 66.9 Å². The molecule has 5 rings (SSSR count). The standard InChI is InChI=1S/C30H30FN3O2/c31-26-6-2-1-5-24(26)10-7-22-8-11-25(12-9-22)30-27-20-33(17-3-4-18-34(27)28(30)21-35)29(36)19-23-13-15-32-16-14-23/h1-2,5-6,8-9,11-16,27-28,30,35H,3-4,17-21H2/t27-,28+,30-/m0/s1. The van der Waals surface area contributed by atoms with Crippen LogP contribution in [0.2, 0.25) is 0 Å². The van der Waals surface area contributed by atoms with Crippen LogP contribution >= 0.6 is 0 Å². The van der Waals surface area contributed by atoms with E-state index in [1.54, 1.807) is 30.6 Å². The van der Waals surface area contributed by atoms with Crippen LogP contribution in [0, 0.1) is 17.7 Å². The van der Waals surface area contributed by atoms with Crippen LogP contribution in [0.15, 0.2) is 73.1 Å². The largest absolute Gasteiger partial charge is 0.395 e. The molecule has 3 aromatic rings. The molecule has 6 heteroatoms. The number of hydrogen-bond acceptors (Lipinski definition) is 4. The molecule has 2 aliphatic rings. The van der Waals surface area contributed by atoms with Gasteiger partial charge < -0.3 is 10.0 Å². The average Bonchev–Trinajstić information content (AvgIpc) is 2.88. The molecule has 36 heavy (non-hydrogen) atoms. The SMILES string of the molecule is O=C(Cc1ccncc1)N1CCCCN2[C@H](CO)[C@@H](c3ccc(C#Cc4ccccc4F)cc3)[C@@H]2C1. The number of benzene rings is 2. The Morgan fingerprint density at radius 1 is 1.00 bits per heavy atom. The Hall–Kier alpha value is -3.53. The highest BCUT2D eigenvalue weighted by molar-refractivity contribution is 5.78. The van der Waals surface area contributed by atoms with E-state index in [0.29, 0.717) is 18.5 Å². The summed E-state index contributed by atoms with van der Waals surface area (Å²) in [6.45, 7) is 2.43. The third-order valence-corrected chi connectivity index (χ3v) is 7.34. The van der Waals surface area contributed by atoms with Gasteiger partial charge in [0.05, 0.1) is 18.6 Å². The number of aliphatic hydroxyl groups excluding tert-OH is 1. The number of aliphatic hydroxyl groups is 1. The van der Waals surface area contributed by atoms with Crippen molar-refractivity contribution in [2.75, 3.05) is 26.2 Å². The zero-order chi connectivity index (χ0) is 24.9. The molecule has 2 aromatic carbocycles. The van der Waals surface area contributed by atoms with E-state index in [4.69, 9.17) is 0 Å². The normalized spacial score (nSPS) is 21.8. The van der Waals surface area contributed by atoms with Gasteiger partial charge in [0.15, 0.2) is 0 Å². The van der Waals surface area contributed by atoms with E-state index in [-0.39, 0.29) is 36.3 Å². The number of halogens is 1. The van der Waals surface area contributed by atoms with E-state index in [1.165, 1.54) is 6.07 Å². The molecule has 0 unspecified atom stereocenters. The number of carbonyl (C=O) groups excluding carboxylic acids is 1. The number of nitrogens with zero attached hydrogens (tertiary/aromatic N) is 3. The predicted octanol–water partition coefficient (Wildman–Crippen LogP) is 3.61. The second-order valence-corrected chi connectivity index (χ2v) is 9.51. The van der Waals surface area contributed by atoms with Gasteiger partial charge in [-0.15, -0.1) is 0 Å². The maximum absolute atomic E-state index is 13.9. The molecule has 1 aromatic heterocycles. The minimum atomic E-state index is -0.325. The van der Waals surface area contributed by atoms with E-state index in [9.17, 15) is 14.3 Å². The highest BCUT2D eigenvalue weighted by Gasteiger charge is 2.49. The van der Waals surface area contributed by atoms with Crippen LogP contribution in [0.5, 0.6) is 0 Å². The van der Waals surface area contributed by atoms with E-state index in [0.717, 1.165) is 42.6 Å². The molecule has 3 heterocycles. The average molecular weight is 484 g/mol. The molecule has 3 atom stereocenters. The molecule has 0 bridgehead atoms. The van der Waals surface area contributed by atoms with E-state index in [2.05, 4.69) is 33.9 Å². The van der Waals surface area contributed by atoms with Crippen molar-refractivity contribution < 1.29 is 14.3 Å². The van der Waals surface area contributed by atoms with Crippen molar-refractivity contribution in [3.8, 4) is 11.8 Å². The summed E-state index contributed by atoms with van der Waals surface area (Å²) in [5, 5.41) is 10.2. The number of hydrogen-bond donors (Lipinski definition) is 1. The van der Waals surface area contributed by atoms with Crippen LogP contribution in [0.4, 0.5) is 4.39 Å². The molecule has 2 saturated heterocycles. The fraction of sp³-hybridized carbons (Fsp3) is 0.333. The molecule has 0 saturated carbocycles. The van der Waals surface area contributed by atoms with E-state index in [1.807, 2.05) is 29.2 Å². The summed E-state index contributed by atoms with van der Waals surface area (Å²) in [6.07, 6.45) is 5.78. The van der Waals surface area contributed by atoms with Gasteiger partial charge in [-0.1, -0.05) is 36.1 Å². The minimum Gasteiger partial charge on any atom is -0.395 e. The van der Waals surface area contributed by atoms with Crippen LogP contribution in [0.1, 0.15) is 41.0 Å². The minimum absolute atomic E-state index is 0.0422. The number of carbonyl (C=O) groups is 1. The van der Waals surface area contributed by atoms with Crippen LogP contribution in [0.25, 0.3) is 0 Å². The Balaban J connectivity index is 1.32. The lowest BCUT2D eigenvalue weighted by Gasteiger charge is -2.57. The van der Waals surface area contributed by atoms with Gasteiger partial charge in [-0.25, -0.2) is 4.39 Å². The fourth-order valence-corrected chi connectivity index (χ4v) is 5.44. The molecule has 0 spiro atoms. The second-order valence-electron chi connectivity index (χ2n) is 9.51. The van der Waals surface area contributed by atoms with Crippen molar-refractivity contribution >= 4 is 5.91 Å². The molecular weight excluding hydrogens is 453 g/mol. The zero-order valence-electron chi connectivity index (χ0n) is 20.2. The van der Waals surface area contributed by atoms with E-state index < -0.39 is 0 Å². The number of rotatable bonds is 4. The number of aromatic nitrogens is 1. The quantitative estimate of drug-likeness (QED) is 0.576. The van der Waals surface area contributed by atoms with Crippen molar-refractivity contribution in [1.82, 2.24) is 14.8 Å². The molecule has 5 nitrogen and oxygen atoms in total. The van der Waals surface area contributed by atoms with Gasteiger partial charge in [0, 0.05) is 49.0 Å². The number of pyridine rings is 1. The monoisotopic (exact) mass is 483 g/mol. The summed E-state index contributed by atoms with van der Waals surface area (Å²) >= 11 is 0. The lowest BCUT2D eigenvalue weighted by Crippen LogP contribution is -2.68. The van der Waals surface area contributed by atoms with Crippen LogP contribution in [0.3, 0.4) is 0 Å². The lowest BCUT2D eigenvalue weighted by atomic mass is 9.74. The van der Waals surface area contributed by atoms with Gasteiger partial charge in [0.25, 0.3) is 0 Å². The summed E-state index contributed by atoms with van der Waals surface area (Å²) in [6, 6.07) is 18.5. The van der Waals surface area contributed by atoms with Gasteiger partial charge in [0.1, 0.15) is 5.82 Å². The van der Waals surface area contributed by atoms with Crippen molar-refractivity contribution in [1.29, 1.82) is 0 Å². The maximum atomic E-state index is 13.9. The van der Waals surface area contributed by atoms with Gasteiger partial charge >= 0.3 is 0 Å². The van der Waals surface area contributed by atoms with Crippen molar-refractivity contribution in [3.63, 3.8) is 0 Å². The summed E-state index contributed by atoms with van der Waals surface area (Å²) in [4.78, 5) is 21.6. The van der Waals surface area contributed by atoms with Gasteiger partial charge in [0.2, 0.25) is 5.91 Å². The molecule has 2 fully saturated rings. The van der Waals surface area contributed by atoms with Crippen LogP contribution in [-0.2, 0) is 11.2 Å². The molecule has 0 aliphatic carbocycles. The predicted molar refractivity (Wildman–Crippen MR) is 137 cm³/mol. The highest BCUT2D eigenvalue weighted by atomic mass is 19.1. The Morgan fingerprint density at radius 3 is 2.50 bits per heavy atom. The summed E-state index contributed by atoms with van der Waals surface area (Å²) < 4.78 is 13.9. The Kier molecular flexibility index (Phi) is 7.41. The maximum Gasteiger partial charge on any atom is 0.227 e. The Bertz CT molecular complexity index is 1250. The summed E-state index contributed by atoms with van der Waals surface area (Å²) in [5.74, 6) is 5.89. The smallest absolute Gasteiger partial charge is 0.227 e. The number of fused-ring (bicyclic) bond motifs is 1. The molecule has 1 N–H and O–H groups in total. The first-order valence-corrected chi connectivity index (χ1v) is 12.5. The lowest BCUT2D eigenvalue weighted by molar-refractivity contribution is -0.135. The third-order valence-electron chi connectivity index (χ3n) is 7.34. The Labute approximate surface area is 211 Å². The third kappa shape index (κ3) is 5.18. The topological polar surface area (TPSA) is 56.7 Å². The molecule has 2 aliphatic heterocycles. The van der Waals surface area contributed by atoms with Gasteiger partial charge in [-0.3, -0.25) is 14.7 Å². The first-order valence-electron chi connectivity index (χ1n) is 12.5. The zero-order valence-corrected chi connectivity index (χ0v) is 20.2. The molecule has 1 amide bonds. The van der Waals surface area contributed by atoms with E-state index >= 15 is 0 Å². The second kappa shape index (κ2) is 11.0. The van der Waals surface area contributed by atoms with Crippen molar-refractivity contribution in [2.24, 2.45) is 0 Å². The first kappa shape index (κ1) is 24.2. The summed E-state index contributed by atoms with van der Waals surface area (Å²) in [7, 11) is 0. The van der Waals surface area contributed by atoms with Gasteiger partial charge in [-0.2, -0.15) is 0 Å². The Morgan fingerprint density at radius 2 is 1.75 bits per heavy atom. The molecule has 184 valence electrons. The molecular formula is C30H30FN3O2. The molecule has 0 radical (unpaired) electrons. The first-order chi connectivity index (χ1) is 17.6. The number of amides is 1. The fourth-order valence-electron chi connectivity index (χ4n) is 5.44. The van der Waals surface area contributed by atoms with Crippen LogP contribution in [-0.4, -0.2) is 64.1 Å².